The van der Waals surface area contributed by atoms with Gasteiger partial charge in [-0.1, -0.05) is 78.4 Å². The van der Waals surface area contributed by atoms with E-state index in [9.17, 15) is 14.4 Å². The zero-order valence-corrected chi connectivity index (χ0v) is 26.7. The minimum absolute atomic E-state index is 0.117. The van der Waals surface area contributed by atoms with Crippen molar-refractivity contribution < 1.29 is 14.4 Å². The van der Waals surface area contributed by atoms with Crippen LogP contribution in [0.25, 0.3) is 17.3 Å². The van der Waals surface area contributed by atoms with Crippen LogP contribution in [0.1, 0.15) is 33.3 Å². The van der Waals surface area contributed by atoms with Crippen molar-refractivity contribution in [3.8, 4) is 11.3 Å². The quantitative estimate of drug-likeness (QED) is 0.107. The molecule has 0 aliphatic carbocycles. The SMILES string of the molecule is Cc1cccc(/C=C(\NC(=O)c2ccccc2)C(=O)Nc2ccc(SC(C)C(=O)Nc3nc(-c4ccccc4)c(C)s3)cc2)c1. The van der Waals surface area contributed by atoms with E-state index in [0.717, 1.165) is 32.2 Å². The van der Waals surface area contributed by atoms with Crippen molar-refractivity contribution >= 4 is 57.7 Å². The molecule has 0 saturated carbocycles. The minimum Gasteiger partial charge on any atom is -0.321 e. The minimum atomic E-state index is -0.456. The normalized spacial score (nSPS) is 11.8. The highest BCUT2D eigenvalue weighted by molar-refractivity contribution is 8.00. The van der Waals surface area contributed by atoms with Crippen molar-refractivity contribution in [1.82, 2.24) is 10.3 Å². The molecule has 9 heteroatoms. The van der Waals surface area contributed by atoms with Gasteiger partial charge in [0.1, 0.15) is 5.70 Å². The number of benzene rings is 4. The summed E-state index contributed by atoms with van der Waals surface area (Å²) in [6.45, 7) is 5.80. The van der Waals surface area contributed by atoms with E-state index in [4.69, 9.17) is 0 Å². The summed E-state index contributed by atoms with van der Waals surface area (Å²) >= 11 is 2.86. The van der Waals surface area contributed by atoms with Crippen molar-refractivity contribution in [3.05, 3.63) is 136 Å². The Balaban J connectivity index is 1.22. The molecule has 5 aromatic rings. The molecule has 0 fully saturated rings. The summed E-state index contributed by atoms with van der Waals surface area (Å²) in [5.74, 6) is -0.985. The first kappa shape index (κ1) is 31.4. The smallest absolute Gasteiger partial charge is 0.272 e. The van der Waals surface area contributed by atoms with Crippen LogP contribution in [-0.2, 0) is 9.59 Å². The number of nitrogens with zero attached hydrogens (tertiary/aromatic N) is 1. The number of carbonyl (C=O) groups is 3. The summed E-state index contributed by atoms with van der Waals surface area (Å²) in [5, 5.41) is 8.76. The predicted molar refractivity (Wildman–Crippen MR) is 184 cm³/mol. The lowest BCUT2D eigenvalue weighted by Crippen LogP contribution is -2.30. The first-order valence-corrected chi connectivity index (χ1v) is 16.0. The molecule has 7 nitrogen and oxygen atoms in total. The van der Waals surface area contributed by atoms with E-state index in [1.165, 1.54) is 23.1 Å². The molecule has 1 aromatic heterocycles. The lowest BCUT2D eigenvalue weighted by molar-refractivity contribution is -0.115. The summed E-state index contributed by atoms with van der Waals surface area (Å²) in [6.07, 6.45) is 1.65. The van der Waals surface area contributed by atoms with Crippen LogP contribution in [0.2, 0.25) is 0 Å². The average molecular weight is 633 g/mol. The fourth-order valence-electron chi connectivity index (χ4n) is 4.46. The zero-order valence-electron chi connectivity index (χ0n) is 25.0. The summed E-state index contributed by atoms with van der Waals surface area (Å²) in [6, 6.07) is 33.5. The van der Waals surface area contributed by atoms with Crippen molar-refractivity contribution in [2.75, 3.05) is 10.6 Å². The number of hydrogen-bond acceptors (Lipinski definition) is 6. The van der Waals surface area contributed by atoms with Gasteiger partial charge in [0.05, 0.1) is 10.9 Å². The molecule has 3 amide bonds. The maximum Gasteiger partial charge on any atom is 0.272 e. The Morgan fingerprint density at radius 2 is 1.51 bits per heavy atom. The van der Waals surface area contributed by atoms with Crippen molar-refractivity contribution in [1.29, 1.82) is 0 Å². The third-order valence-electron chi connectivity index (χ3n) is 6.75. The predicted octanol–water partition coefficient (Wildman–Crippen LogP) is 7.96. The lowest BCUT2D eigenvalue weighted by atomic mass is 10.1. The van der Waals surface area contributed by atoms with E-state index in [2.05, 4.69) is 20.9 Å². The van der Waals surface area contributed by atoms with Gasteiger partial charge in [-0.3, -0.25) is 14.4 Å². The average Bonchev–Trinajstić information content (AvgIpc) is 3.41. The van der Waals surface area contributed by atoms with E-state index < -0.39 is 5.91 Å². The summed E-state index contributed by atoms with van der Waals surface area (Å²) in [7, 11) is 0. The van der Waals surface area contributed by atoms with E-state index >= 15 is 0 Å². The third kappa shape index (κ3) is 8.56. The molecule has 0 bridgehead atoms. The number of hydrogen-bond donors (Lipinski definition) is 3. The van der Waals surface area contributed by atoms with Gasteiger partial charge >= 0.3 is 0 Å². The van der Waals surface area contributed by atoms with Crippen LogP contribution < -0.4 is 16.0 Å². The van der Waals surface area contributed by atoms with Gasteiger partial charge in [-0.05, 0) is 68.8 Å². The van der Waals surface area contributed by atoms with Crippen LogP contribution >= 0.6 is 23.1 Å². The molecule has 1 atom stereocenters. The maximum absolute atomic E-state index is 13.4. The Bertz CT molecular complexity index is 1840. The molecule has 0 aliphatic heterocycles. The van der Waals surface area contributed by atoms with Gasteiger partial charge in [0.15, 0.2) is 5.13 Å². The molecule has 226 valence electrons. The highest BCUT2D eigenvalue weighted by Gasteiger charge is 2.19. The number of carbonyl (C=O) groups excluding carboxylic acids is 3. The van der Waals surface area contributed by atoms with E-state index in [-0.39, 0.29) is 22.8 Å². The molecule has 0 radical (unpaired) electrons. The molecule has 4 aromatic carbocycles. The summed E-state index contributed by atoms with van der Waals surface area (Å²) in [4.78, 5) is 45.7. The van der Waals surface area contributed by atoms with Crippen molar-refractivity contribution in [3.63, 3.8) is 0 Å². The van der Waals surface area contributed by atoms with E-state index in [0.29, 0.717) is 16.4 Å². The molecule has 0 spiro atoms. The molecular weight excluding hydrogens is 601 g/mol. The standard InChI is InChI=1S/C36H32N4O3S2/c1-23-11-10-12-26(21-23)22-31(38-34(42)28-15-8-5-9-16-28)35(43)37-29-17-19-30(20-18-29)44-25(3)33(41)40-36-39-32(24(2)45-36)27-13-6-4-7-14-27/h4-22,25H,1-3H3,(H,37,43)(H,38,42)(H,39,40,41)/b31-22-. The Hall–Kier alpha value is -4.99. The Morgan fingerprint density at radius 1 is 0.822 bits per heavy atom. The van der Waals surface area contributed by atoms with Crippen molar-refractivity contribution in [2.24, 2.45) is 0 Å². The molecule has 5 rings (SSSR count). The van der Waals surface area contributed by atoms with Gasteiger partial charge < -0.3 is 16.0 Å². The van der Waals surface area contributed by atoms with Gasteiger partial charge in [-0.25, -0.2) is 4.98 Å². The lowest BCUT2D eigenvalue weighted by Gasteiger charge is -2.13. The fourth-order valence-corrected chi connectivity index (χ4v) is 6.17. The van der Waals surface area contributed by atoms with Crippen LogP contribution in [0.4, 0.5) is 10.8 Å². The number of nitrogens with one attached hydrogen (secondary N) is 3. The Morgan fingerprint density at radius 3 is 2.20 bits per heavy atom. The van der Waals surface area contributed by atoms with E-state index in [1.54, 1.807) is 42.5 Å². The van der Waals surface area contributed by atoms with Crippen LogP contribution in [-0.4, -0.2) is 28.0 Å². The van der Waals surface area contributed by atoms with Gasteiger partial charge in [-0.15, -0.1) is 23.1 Å². The van der Waals surface area contributed by atoms with Crippen molar-refractivity contribution in [2.45, 2.75) is 30.9 Å². The monoisotopic (exact) mass is 632 g/mol. The molecular formula is C36H32N4O3S2. The largest absolute Gasteiger partial charge is 0.321 e. The van der Waals surface area contributed by atoms with Gasteiger partial charge in [-0.2, -0.15) is 0 Å². The highest BCUT2D eigenvalue weighted by Crippen LogP contribution is 2.31. The number of thioether (sulfide) groups is 1. The van der Waals surface area contributed by atoms with Crippen LogP contribution in [0.3, 0.4) is 0 Å². The third-order valence-corrected chi connectivity index (χ3v) is 8.75. The van der Waals surface area contributed by atoms with Gasteiger partial charge in [0, 0.05) is 26.6 Å². The zero-order chi connectivity index (χ0) is 31.8. The van der Waals surface area contributed by atoms with Crippen LogP contribution in [0.5, 0.6) is 0 Å². The molecule has 45 heavy (non-hydrogen) atoms. The summed E-state index contributed by atoms with van der Waals surface area (Å²) < 4.78 is 0. The maximum atomic E-state index is 13.4. The first-order chi connectivity index (χ1) is 21.7. The second-order valence-corrected chi connectivity index (χ2v) is 12.9. The molecule has 0 saturated heterocycles. The number of anilines is 2. The Labute approximate surface area is 270 Å². The summed E-state index contributed by atoms with van der Waals surface area (Å²) in [5.41, 5.74) is 4.82. The molecule has 1 unspecified atom stereocenters. The number of aryl methyl sites for hydroxylation is 2. The molecule has 0 aliphatic rings. The number of amides is 3. The number of rotatable bonds is 10. The highest BCUT2D eigenvalue weighted by atomic mass is 32.2. The van der Waals surface area contributed by atoms with E-state index in [1.807, 2.05) is 93.6 Å². The van der Waals surface area contributed by atoms with Gasteiger partial charge in [0.2, 0.25) is 5.91 Å². The van der Waals surface area contributed by atoms with Gasteiger partial charge in [0.25, 0.3) is 11.8 Å². The Kier molecular flexibility index (Phi) is 10.2. The topological polar surface area (TPSA) is 100 Å². The second-order valence-electron chi connectivity index (χ2n) is 10.3. The number of thiazole rings is 1. The van der Waals surface area contributed by atoms with Crippen LogP contribution in [0.15, 0.2) is 120 Å². The fraction of sp³-hybridized carbons (Fsp3) is 0.111. The molecule has 1 heterocycles. The number of aromatic nitrogens is 1. The van der Waals surface area contributed by atoms with Crippen LogP contribution in [0, 0.1) is 13.8 Å². The first-order valence-electron chi connectivity index (χ1n) is 14.3. The second kappa shape index (κ2) is 14.7. The molecule has 3 N–H and O–H groups in total.